The van der Waals surface area contributed by atoms with Crippen molar-refractivity contribution < 1.29 is 27.5 Å². The molecule has 2 saturated heterocycles. The molecule has 2 unspecified atom stereocenters. The van der Waals surface area contributed by atoms with Gasteiger partial charge in [0, 0.05) is 26.2 Å². The summed E-state index contributed by atoms with van der Waals surface area (Å²) >= 11 is 0. The molecular formula is C16H18FN3O5S. The van der Waals surface area contributed by atoms with Crippen molar-refractivity contribution in [1.82, 2.24) is 9.03 Å². The molecule has 0 aromatic heterocycles. The van der Waals surface area contributed by atoms with Crippen LogP contribution in [0.1, 0.15) is 33.6 Å². The quantitative estimate of drug-likeness (QED) is 0.774. The number of amides is 1. The van der Waals surface area contributed by atoms with Gasteiger partial charge >= 0.3 is 16.2 Å². The molecule has 3 fully saturated rings. The Balaban J connectivity index is 1.62. The number of anilines is 1. The van der Waals surface area contributed by atoms with Crippen LogP contribution in [0, 0.1) is 17.7 Å². The number of hydrogen-bond acceptors (Lipinski definition) is 5. The number of fused-ring (bicyclic) bond motifs is 1. The van der Waals surface area contributed by atoms with Gasteiger partial charge in [0.2, 0.25) is 0 Å². The molecule has 4 rings (SSSR count). The lowest BCUT2D eigenvalue weighted by atomic mass is 10.0. The highest BCUT2D eigenvalue weighted by molar-refractivity contribution is 7.87. The Morgan fingerprint density at radius 3 is 2.35 bits per heavy atom. The third kappa shape index (κ3) is 2.92. The van der Waals surface area contributed by atoms with Gasteiger partial charge in [0.05, 0.1) is 16.8 Å². The molecule has 26 heavy (non-hydrogen) atoms. The van der Waals surface area contributed by atoms with Crippen LogP contribution < -0.4 is 9.62 Å². The van der Waals surface area contributed by atoms with Gasteiger partial charge < -0.3 is 10.0 Å². The molecule has 1 aromatic carbocycles. The van der Waals surface area contributed by atoms with E-state index in [0.717, 1.165) is 25.0 Å². The van der Waals surface area contributed by atoms with E-state index in [1.807, 2.05) is 4.72 Å². The van der Waals surface area contributed by atoms with E-state index < -0.39 is 33.5 Å². The summed E-state index contributed by atoms with van der Waals surface area (Å²) in [5, 5.41) is 9.09. The van der Waals surface area contributed by atoms with E-state index in [2.05, 4.69) is 0 Å². The highest BCUT2D eigenvalue weighted by Crippen LogP contribution is 2.45. The zero-order valence-electron chi connectivity index (χ0n) is 13.8. The minimum Gasteiger partial charge on any atom is -0.478 e. The Labute approximate surface area is 149 Å². The Bertz CT molecular complexity index is 889. The second-order valence-corrected chi connectivity index (χ2v) is 8.67. The minimum atomic E-state index is -4.00. The molecule has 8 nitrogen and oxygen atoms in total. The normalized spacial score (nSPS) is 24.7. The maximum atomic E-state index is 14.1. The second-order valence-electron chi connectivity index (χ2n) is 7.00. The predicted octanol–water partition coefficient (Wildman–Crippen LogP) is 0.660. The molecule has 1 aliphatic carbocycles. The molecule has 3 aliphatic rings. The van der Waals surface area contributed by atoms with Gasteiger partial charge in [-0.25, -0.2) is 13.9 Å². The van der Waals surface area contributed by atoms with Crippen molar-refractivity contribution in [2.75, 3.05) is 31.1 Å². The molecule has 1 aromatic rings. The SMILES string of the molecule is O=C(O)c1cc(N2CCC2)c(C(=O)NS(=O)(=O)N2CC3CC3C2)cc1F. The zero-order chi connectivity index (χ0) is 18.6. The largest absolute Gasteiger partial charge is 0.478 e. The van der Waals surface area contributed by atoms with Crippen LogP contribution in [-0.2, 0) is 10.2 Å². The third-order valence-electron chi connectivity index (χ3n) is 5.26. The van der Waals surface area contributed by atoms with Crippen molar-refractivity contribution in [2.24, 2.45) is 11.8 Å². The first kappa shape index (κ1) is 17.2. The Morgan fingerprint density at radius 2 is 1.81 bits per heavy atom. The van der Waals surface area contributed by atoms with E-state index in [1.165, 1.54) is 4.31 Å². The summed E-state index contributed by atoms with van der Waals surface area (Å²) in [6, 6.07) is 1.88. The molecule has 2 aliphatic heterocycles. The van der Waals surface area contributed by atoms with Crippen LogP contribution in [-0.4, -0.2) is 55.9 Å². The van der Waals surface area contributed by atoms with Gasteiger partial charge in [-0.1, -0.05) is 0 Å². The Hall–Kier alpha value is -2.20. The van der Waals surface area contributed by atoms with Crippen LogP contribution in [0.3, 0.4) is 0 Å². The third-order valence-corrected chi connectivity index (χ3v) is 6.69. The molecular weight excluding hydrogens is 365 g/mol. The van der Waals surface area contributed by atoms with E-state index in [-0.39, 0.29) is 11.3 Å². The first-order chi connectivity index (χ1) is 12.3. The lowest BCUT2D eigenvalue weighted by molar-refractivity contribution is 0.0691. The summed E-state index contributed by atoms with van der Waals surface area (Å²) in [5.41, 5.74) is -0.502. The zero-order valence-corrected chi connectivity index (χ0v) is 14.6. The van der Waals surface area contributed by atoms with Crippen molar-refractivity contribution in [2.45, 2.75) is 12.8 Å². The Kier molecular flexibility index (Phi) is 3.92. The van der Waals surface area contributed by atoms with Crippen molar-refractivity contribution in [3.63, 3.8) is 0 Å². The number of carbonyl (C=O) groups excluding carboxylic acids is 1. The van der Waals surface area contributed by atoms with Crippen molar-refractivity contribution in [3.05, 3.63) is 29.1 Å². The van der Waals surface area contributed by atoms with Crippen molar-refractivity contribution >= 4 is 27.8 Å². The number of piperidine rings is 1. The molecule has 2 heterocycles. The minimum absolute atomic E-state index is 0.180. The number of nitrogens with zero attached hydrogens (tertiary/aromatic N) is 2. The van der Waals surface area contributed by atoms with Crippen LogP contribution in [0.4, 0.5) is 10.1 Å². The summed E-state index contributed by atoms with van der Waals surface area (Å²) in [5.74, 6) is -2.74. The molecule has 0 radical (unpaired) electrons. The molecule has 0 bridgehead atoms. The maximum Gasteiger partial charge on any atom is 0.338 e. The number of hydrogen-bond donors (Lipinski definition) is 2. The lowest BCUT2D eigenvalue weighted by Crippen LogP contribution is -2.44. The summed E-state index contributed by atoms with van der Waals surface area (Å²) in [4.78, 5) is 25.4. The molecule has 2 N–H and O–H groups in total. The van der Waals surface area contributed by atoms with E-state index >= 15 is 0 Å². The van der Waals surface area contributed by atoms with Gasteiger partial charge in [0.15, 0.2) is 0 Å². The van der Waals surface area contributed by atoms with E-state index in [1.54, 1.807) is 4.90 Å². The lowest BCUT2D eigenvalue weighted by Gasteiger charge is -2.34. The number of nitrogens with one attached hydrogen (secondary N) is 1. The van der Waals surface area contributed by atoms with E-state index in [4.69, 9.17) is 5.11 Å². The van der Waals surface area contributed by atoms with E-state index in [0.29, 0.717) is 38.0 Å². The van der Waals surface area contributed by atoms with Crippen LogP contribution in [0.5, 0.6) is 0 Å². The number of benzene rings is 1. The number of aromatic carboxylic acids is 1. The van der Waals surface area contributed by atoms with Gasteiger partial charge in [0.1, 0.15) is 5.82 Å². The fourth-order valence-corrected chi connectivity index (χ4v) is 4.76. The summed E-state index contributed by atoms with van der Waals surface area (Å²) in [6.45, 7) is 1.96. The first-order valence-corrected chi connectivity index (χ1v) is 9.84. The highest BCUT2D eigenvalue weighted by atomic mass is 32.2. The highest BCUT2D eigenvalue weighted by Gasteiger charge is 2.49. The average Bonchev–Trinajstić information content (AvgIpc) is 3.11. The molecule has 140 valence electrons. The summed E-state index contributed by atoms with van der Waals surface area (Å²) in [6.07, 6.45) is 1.87. The van der Waals surface area contributed by atoms with Crippen LogP contribution in [0.25, 0.3) is 0 Å². The predicted molar refractivity (Wildman–Crippen MR) is 89.7 cm³/mol. The van der Waals surface area contributed by atoms with Gasteiger partial charge in [-0.3, -0.25) is 4.79 Å². The van der Waals surface area contributed by atoms with Crippen molar-refractivity contribution in [3.8, 4) is 0 Å². The molecule has 1 amide bonds. The maximum absolute atomic E-state index is 14.1. The number of rotatable bonds is 5. The summed E-state index contributed by atoms with van der Waals surface area (Å²) in [7, 11) is -4.00. The standard InChI is InChI=1S/C16H18FN3O5S/c17-13-5-12(14(19-2-1-3-19)6-11(13)16(22)23)15(21)18-26(24,25)20-7-9-4-10(9)8-20/h5-6,9-10H,1-4,7-8H2,(H,18,21)(H,22,23). The monoisotopic (exact) mass is 383 g/mol. The number of carboxylic acid groups (broad SMARTS) is 1. The molecule has 10 heteroatoms. The van der Waals surface area contributed by atoms with Crippen molar-refractivity contribution in [1.29, 1.82) is 0 Å². The molecule has 0 spiro atoms. The van der Waals surface area contributed by atoms with E-state index in [9.17, 15) is 22.4 Å². The van der Waals surface area contributed by atoms with Gasteiger partial charge in [-0.2, -0.15) is 12.7 Å². The number of halogens is 1. The van der Waals surface area contributed by atoms with Crippen LogP contribution >= 0.6 is 0 Å². The topological polar surface area (TPSA) is 107 Å². The molecule has 2 atom stereocenters. The smallest absolute Gasteiger partial charge is 0.338 e. The van der Waals surface area contributed by atoms with Gasteiger partial charge in [-0.05, 0) is 36.8 Å². The second kappa shape index (κ2) is 5.92. The molecule has 1 saturated carbocycles. The fourth-order valence-electron chi connectivity index (χ4n) is 3.51. The van der Waals surface area contributed by atoms with Crippen LogP contribution in [0.15, 0.2) is 12.1 Å². The fraction of sp³-hybridized carbons (Fsp3) is 0.500. The van der Waals surface area contributed by atoms with Gasteiger partial charge in [-0.15, -0.1) is 0 Å². The summed E-state index contributed by atoms with van der Waals surface area (Å²) < 4.78 is 42.1. The first-order valence-electron chi connectivity index (χ1n) is 8.40. The number of carbonyl (C=O) groups is 2. The number of carboxylic acids is 1. The van der Waals surface area contributed by atoms with Gasteiger partial charge in [0.25, 0.3) is 5.91 Å². The average molecular weight is 383 g/mol. The Morgan fingerprint density at radius 1 is 1.15 bits per heavy atom. The van der Waals surface area contributed by atoms with Crippen LogP contribution in [0.2, 0.25) is 0 Å².